The van der Waals surface area contributed by atoms with Crippen molar-refractivity contribution in [3.05, 3.63) is 34.1 Å². The quantitative estimate of drug-likeness (QED) is 0.851. The number of hydrogen-bond acceptors (Lipinski definition) is 4. The van der Waals surface area contributed by atoms with Crippen molar-refractivity contribution in [3.63, 3.8) is 0 Å². The zero-order valence-corrected chi connectivity index (χ0v) is 10.9. The highest BCUT2D eigenvalue weighted by atomic mass is 79.9. The molecule has 1 heterocycles. The first-order valence-corrected chi connectivity index (χ1v) is 5.81. The lowest BCUT2D eigenvalue weighted by molar-refractivity contribution is -0.180. The van der Waals surface area contributed by atoms with Crippen molar-refractivity contribution >= 4 is 27.8 Å². The van der Waals surface area contributed by atoms with Gasteiger partial charge in [-0.05, 0) is 18.2 Å². The number of hydrogen-bond donors (Lipinski definition) is 1. The third-order valence-electron chi connectivity index (χ3n) is 2.38. The number of ether oxygens (including phenoxy) is 1. The van der Waals surface area contributed by atoms with Gasteiger partial charge in [-0.3, -0.25) is 0 Å². The summed E-state index contributed by atoms with van der Waals surface area (Å²) >= 11 is 3.22. The number of carbonyl (C=O) groups is 1. The maximum absolute atomic E-state index is 13.6. The number of halogens is 2. The molecule has 1 aliphatic rings. The molecule has 5 nitrogen and oxygen atoms in total. The fourth-order valence-electron chi connectivity index (χ4n) is 1.62. The molecule has 1 aromatic rings. The van der Waals surface area contributed by atoms with Gasteiger partial charge < -0.3 is 14.7 Å². The van der Waals surface area contributed by atoms with Crippen LogP contribution in [-0.2, 0) is 9.57 Å². The number of oxime groups is 1. The molecule has 7 heteroatoms. The maximum atomic E-state index is 13.6. The van der Waals surface area contributed by atoms with Gasteiger partial charge in [-0.15, -0.1) is 0 Å². The van der Waals surface area contributed by atoms with Crippen LogP contribution in [-0.4, -0.2) is 22.8 Å². The third-order valence-corrected chi connectivity index (χ3v) is 2.87. The zero-order chi connectivity index (χ0) is 13.3. The summed E-state index contributed by atoms with van der Waals surface area (Å²) in [6, 6.07) is 4.39. The van der Waals surface area contributed by atoms with Gasteiger partial charge in [-0.1, -0.05) is 21.1 Å². The highest BCUT2D eigenvalue weighted by Gasteiger charge is 2.39. The summed E-state index contributed by atoms with van der Waals surface area (Å²) in [5, 5.41) is 12.2. The Hall–Kier alpha value is -1.63. The van der Waals surface area contributed by atoms with Crippen LogP contribution in [0.15, 0.2) is 27.8 Å². The van der Waals surface area contributed by atoms with Gasteiger partial charge in [0.15, 0.2) is 0 Å². The predicted molar refractivity (Wildman–Crippen MR) is 63.9 cm³/mol. The van der Waals surface area contributed by atoms with Crippen LogP contribution in [0.5, 0.6) is 0 Å². The van der Waals surface area contributed by atoms with Gasteiger partial charge in [0.05, 0.1) is 12.1 Å². The van der Waals surface area contributed by atoms with E-state index in [0.717, 1.165) is 0 Å². The predicted octanol–water partition coefficient (Wildman–Crippen LogP) is 3.12. The molecule has 1 unspecified atom stereocenters. The van der Waals surface area contributed by atoms with Crippen LogP contribution in [0.1, 0.15) is 18.9 Å². The number of rotatable bonds is 2. The fraction of sp³-hybridized carbons (Fsp3) is 0.273. The Morgan fingerprint density at radius 2 is 2.39 bits per heavy atom. The molecule has 0 fully saturated rings. The summed E-state index contributed by atoms with van der Waals surface area (Å²) in [4.78, 5) is 15.4. The first kappa shape index (κ1) is 12.8. The summed E-state index contributed by atoms with van der Waals surface area (Å²) in [6.45, 7) is 1.42. The topological polar surface area (TPSA) is 68.1 Å². The van der Waals surface area contributed by atoms with Gasteiger partial charge in [0, 0.05) is 17.0 Å². The first-order chi connectivity index (χ1) is 8.39. The molecule has 96 valence electrons. The minimum Gasteiger partial charge on any atom is -0.450 e. The molecule has 0 saturated carbocycles. The van der Waals surface area contributed by atoms with Crippen LogP contribution in [0.2, 0.25) is 0 Å². The Balaban J connectivity index is 2.22. The van der Waals surface area contributed by atoms with Crippen LogP contribution in [0, 0.1) is 5.82 Å². The molecule has 1 aliphatic heterocycles. The van der Waals surface area contributed by atoms with Gasteiger partial charge >= 0.3 is 6.16 Å². The largest absolute Gasteiger partial charge is 0.509 e. The SMILES string of the molecule is CC1(OC(=O)O)CC(c2cc(Br)ccc2F)=NO1. The van der Waals surface area contributed by atoms with Crippen molar-refractivity contribution in [2.24, 2.45) is 5.16 Å². The maximum Gasteiger partial charge on any atom is 0.509 e. The summed E-state index contributed by atoms with van der Waals surface area (Å²) < 4.78 is 18.9. The van der Waals surface area contributed by atoms with E-state index in [9.17, 15) is 9.18 Å². The van der Waals surface area contributed by atoms with E-state index in [0.29, 0.717) is 10.2 Å². The van der Waals surface area contributed by atoms with Crippen LogP contribution in [0.3, 0.4) is 0 Å². The lowest BCUT2D eigenvalue weighted by Gasteiger charge is -2.19. The van der Waals surface area contributed by atoms with E-state index in [1.165, 1.54) is 13.0 Å². The van der Waals surface area contributed by atoms with Gasteiger partial charge in [-0.25, -0.2) is 9.18 Å². The van der Waals surface area contributed by atoms with Crippen molar-refractivity contribution in [2.75, 3.05) is 0 Å². The molecule has 0 amide bonds. The average molecular weight is 318 g/mol. The Morgan fingerprint density at radius 3 is 3.06 bits per heavy atom. The summed E-state index contributed by atoms with van der Waals surface area (Å²) in [5.41, 5.74) is 0.555. The average Bonchev–Trinajstić information content (AvgIpc) is 2.63. The van der Waals surface area contributed by atoms with Gasteiger partial charge in [-0.2, -0.15) is 0 Å². The van der Waals surface area contributed by atoms with Crippen LogP contribution >= 0.6 is 15.9 Å². The minimum absolute atomic E-state index is 0.0483. The monoisotopic (exact) mass is 317 g/mol. The van der Waals surface area contributed by atoms with E-state index in [1.807, 2.05) is 0 Å². The molecule has 1 N–H and O–H groups in total. The van der Waals surface area contributed by atoms with Crippen molar-refractivity contribution in [2.45, 2.75) is 19.1 Å². The standard InChI is InChI=1S/C11H9BrFNO4/c1-11(17-10(15)16)5-9(14-18-11)7-4-6(12)2-3-8(7)13/h2-4H,5H2,1H3,(H,15,16). The Morgan fingerprint density at radius 1 is 1.67 bits per heavy atom. The molecular weight excluding hydrogens is 309 g/mol. The molecule has 18 heavy (non-hydrogen) atoms. The van der Waals surface area contributed by atoms with Gasteiger partial charge in [0.25, 0.3) is 5.79 Å². The Labute approximate surface area is 110 Å². The number of carboxylic acid groups (broad SMARTS) is 1. The third kappa shape index (κ3) is 2.61. The second-order valence-electron chi connectivity index (χ2n) is 3.93. The highest BCUT2D eigenvalue weighted by Crippen LogP contribution is 2.29. The van der Waals surface area contributed by atoms with Crippen molar-refractivity contribution in [3.8, 4) is 0 Å². The lowest BCUT2D eigenvalue weighted by Crippen LogP contribution is -2.31. The fourth-order valence-corrected chi connectivity index (χ4v) is 1.98. The van der Waals surface area contributed by atoms with E-state index < -0.39 is 17.8 Å². The van der Waals surface area contributed by atoms with E-state index in [1.54, 1.807) is 12.1 Å². The molecule has 0 saturated heterocycles. The summed E-state index contributed by atoms with van der Waals surface area (Å²) in [7, 11) is 0. The molecule has 0 spiro atoms. The van der Waals surface area contributed by atoms with Crippen LogP contribution in [0.25, 0.3) is 0 Å². The Kier molecular flexibility index (Phi) is 3.25. The van der Waals surface area contributed by atoms with E-state index >= 15 is 0 Å². The number of benzene rings is 1. The van der Waals surface area contributed by atoms with Crippen molar-refractivity contribution < 1.29 is 23.9 Å². The first-order valence-electron chi connectivity index (χ1n) is 5.02. The van der Waals surface area contributed by atoms with E-state index in [-0.39, 0.29) is 12.0 Å². The van der Waals surface area contributed by atoms with Gasteiger partial charge in [0.2, 0.25) is 0 Å². The Bertz CT molecular complexity index is 534. The minimum atomic E-state index is -1.47. The zero-order valence-electron chi connectivity index (χ0n) is 9.31. The van der Waals surface area contributed by atoms with Crippen molar-refractivity contribution in [1.82, 2.24) is 0 Å². The molecule has 0 bridgehead atoms. The van der Waals surface area contributed by atoms with Crippen molar-refractivity contribution in [1.29, 1.82) is 0 Å². The lowest BCUT2D eigenvalue weighted by atomic mass is 10.0. The molecule has 0 aliphatic carbocycles. The van der Waals surface area contributed by atoms with Gasteiger partial charge in [0.1, 0.15) is 5.82 Å². The van der Waals surface area contributed by atoms with E-state index in [4.69, 9.17) is 9.94 Å². The number of nitrogens with zero attached hydrogens (tertiary/aromatic N) is 1. The molecule has 1 aromatic carbocycles. The molecular formula is C11H9BrFNO4. The molecule has 1 atom stereocenters. The van der Waals surface area contributed by atoms with E-state index in [2.05, 4.69) is 25.8 Å². The second-order valence-corrected chi connectivity index (χ2v) is 4.85. The molecule has 0 radical (unpaired) electrons. The van der Waals surface area contributed by atoms with Crippen LogP contribution in [0.4, 0.5) is 9.18 Å². The smallest absolute Gasteiger partial charge is 0.450 e. The summed E-state index contributed by atoms with van der Waals surface area (Å²) in [5.74, 6) is -1.87. The normalized spacial score (nSPS) is 22.3. The second kappa shape index (κ2) is 4.56. The summed E-state index contributed by atoms with van der Waals surface area (Å²) in [6.07, 6.45) is -1.42. The highest BCUT2D eigenvalue weighted by molar-refractivity contribution is 9.10. The molecule has 0 aromatic heterocycles. The van der Waals surface area contributed by atoms with Crippen LogP contribution < -0.4 is 0 Å². The molecule has 2 rings (SSSR count).